The van der Waals surface area contributed by atoms with E-state index < -0.39 is 38.2 Å². The molecule has 2 unspecified atom stereocenters. The minimum Gasteiger partial charge on any atom is -0.508 e. The molecule has 3 aromatic rings. The lowest BCUT2D eigenvalue weighted by Gasteiger charge is -2.29. The highest BCUT2D eigenvalue weighted by atomic mass is 35.6. The molecule has 0 aliphatic carbocycles. The molecule has 0 aliphatic heterocycles. The van der Waals surface area contributed by atoms with Gasteiger partial charge < -0.3 is 21.1 Å². The van der Waals surface area contributed by atoms with Gasteiger partial charge in [-0.05, 0) is 47.6 Å². The van der Waals surface area contributed by atoms with Gasteiger partial charge in [0.2, 0.25) is 15.5 Å². The number of amides is 1. The SMILES string of the molecule is O=C(NC(NC(=S)Nc1ccc(F)c([N+](=O)[O-])c1)C(Cl)(Cl)Cl)C(c1ccccc1)c1cccc(O)c1. The third kappa shape index (κ3) is 7.17. The van der Waals surface area contributed by atoms with E-state index in [9.17, 15) is 24.4 Å². The van der Waals surface area contributed by atoms with Gasteiger partial charge in [0.05, 0.1) is 10.8 Å². The first kappa shape index (κ1) is 27.4. The topological polar surface area (TPSA) is 117 Å². The minimum atomic E-state index is -2.09. The second-order valence-electron chi connectivity index (χ2n) is 7.44. The summed E-state index contributed by atoms with van der Waals surface area (Å²) < 4.78 is 11.5. The second kappa shape index (κ2) is 11.7. The number of benzene rings is 3. The van der Waals surface area contributed by atoms with Gasteiger partial charge in [0, 0.05) is 11.8 Å². The van der Waals surface area contributed by atoms with Crippen LogP contribution in [-0.2, 0) is 4.79 Å². The predicted octanol–water partition coefficient (Wildman–Crippen LogP) is 5.37. The molecule has 0 saturated heterocycles. The van der Waals surface area contributed by atoms with E-state index in [1.807, 2.05) is 0 Å². The van der Waals surface area contributed by atoms with E-state index in [4.69, 9.17) is 47.0 Å². The Morgan fingerprint density at radius 3 is 2.28 bits per heavy atom. The third-order valence-electron chi connectivity index (χ3n) is 4.89. The van der Waals surface area contributed by atoms with Gasteiger partial charge in [0.15, 0.2) is 5.11 Å². The number of rotatable bonds is 7. The van der Waals surface area contributed by atoms with Crippen LogP contribution in [0.5, 0.6) is 5.75 Å². The van der Waals surface area contributed by atoms with Gasteiger partial charge in [-0.15, -0.1) is 0 Å². The van der Waals surface area contributed by atoms with Crippen LogP contribution in [0.15, 0.2) is 72.8 Å². The number of nitro benzene ring substituents is 1. The number of nitrogens with zero attached hydrogens (tertiary/aromatic N) is 1. The van der Waals surface area contributed by atoms with Gasteiger partial charge in [-0.2, -0.15) is 4.39 Å². The van der Waals surface area contributed by atoms with Crippen LogP contribution in [0, 0.1) is 15.9 Å². The Bertz CT molecular complexity index is 1280. The summed E-state index contributed by atoms with van der Waals surface area (Å²) in [5.74, 6) is -2.50. The van der Waals surface area contributed by atoms with Crippen molar-refractivity contribution < 1.29 is 19.2 Å². The highest BCUT2D eigenvalue weighted by Crippen LogP contribution is 2.32. The molecule has 0 saturated carbocycles. The molecule has 3 aromatic carbocycles. The van der Waals surface area contributed by atoms with Crippen LogP contribution in [0.25, 0.3) is 0 Å². The summed E-state index contributed by atoms with van der Waals surface area (Å²) in [5.41, 5.74) is 0.437. The number of alkyl halides is 3. The molecule has 36 heavy (non-hydrogen) atoms. The molecular weight excluding hydrogens is 554 g/mol. The smallest absolute Gasteiger partial charge is 0.306 e. The summed E-state index contributed by atoms with van der Waals surface area (Å²) >= 11 is 23.5. The van der Waals surface area contributed by atoms with Crippen molar-refractivity contribution in [2.45, 2.75) is 15.9 Å². The lowest BCUT2D eigenvalue weighted by Crippen LogP contribution is -2.57. The maximum atomic E-state index is 13.6. The number of hydrogen-bond acceptors (Lipinski definition) is 5. The van der Waals surface area contributed by atoms with Crippen LogP contribution >= 0.6 is 47.0 Å². The Labute approximate surface area is 225 Å². The average molecular weight is 572 g/mol. The predicted molar refractivity (Wildman–Crippen MR) is 141 cm³/mol. The number of thiocarbonyl (C=S) groups is 1. The van der Waals surface area contributed by atoms with Gasteiger partial charge in [-0.25, -0.2) is 0 Å². The zero-order valence-electron chi connectivity index (χ0n) is 18.1. The Morgan fingerprint density at radius 1 is 1.00 bits per heavy atom. The molecule has 13 heteroatoms. The molecule has 8 nitrogen and oxygen atoms in total. The number of hydrogen-bond donors (Lipinski definition) is 4. The van der Waals surface area contributed by atoms with Crippen LogP contribution in [-0.4, -0.2) is 31.0 Å². The number of carbonyl (C=O) groups excluding carboxylic acids is 1. The number of nitrogens with one attached hydrogen (secondary N) is 3. The first-order valence-corrected chi connectivity index (χ1v) is 11.7. The van der Waals surface area contributed by atoms with E-state index >= 15 is 0 Å². The molecule has 4 N–H and O–H groups in total. The lowest BCUT2D eigenvalue weighted by molar-refractivity contribution is -0.387. The van der Waals surface area contributed by atoms with Gasteiger partial charge in [-0.1, -0.05) is 77.3 Å². The van der Waals surface area contributed by atoms with Crippen molar-refractivity contribution in [3.05, 3.63) is 99.9 Å². The zero-order valence-corrected chi connectivity index (χ0v) is 21.2. The Kier molecular flexibility index (Phi) is 8.91. The van der Waals surface area contributed by atoms with Crippen molar-refractivity contribution in [2.75, 3.05) is 5.32 Å². The van der Waals surface area contributed by atoms with E-state index in [2.05, 4.69) is 16.0 Å². The summed E-state index contributed by atoms with van der Waals surface area (Å²) in [6.45, 7) is 0. The molecule has 2 atom stereocenters. The van der Waals surface area contributed by atoms with Gasteiger partial charge in [-0.3, -0.25) is 14.9 Å². The van der Waals surface area contributed by atoms with E-state index in [0.29, 0.717) is 11.1 Å². The van der Waals surface area contributed by atoms with Crippen molar-refractivity contribution in [1.82, 2.24) is 10.6 Å². The van der Waals surface area contributed by atoms with Crippen molar-refractivity contribution in [2.24, 2.45) is 0 Å². The highest BCUT2D eigenvalue weighted by molar-refractivity contribution is 7.80. The van der Waals surface area contributed by atoms with E-state index in [1.54, 1.807) is 42.5 Å². The van der Waals surface area contributed by atoms with Crippen LogP contribution < -0.4 is 16.0 Å². The molecule has 1 amide bonds. The summed E-state index contributed by atoms with van der Waals surface area (Å²) in [7, 11) is 0. The maximum Gasteiger partial charge on any atom is 0.306 e. The first-order valence-electron chi connectivity index (χ1n) is 10.2. The van der Waals surface area contributed by atoms with Gasteiger partial charge in [0.25, 0.3) is 0 Å². The molecule has 0 bridgehead atoms. The molecule has 0 aromatic heterocycles. The van der Waals surface area contributed by atoms with Crippen molar-refractivity contribution in [3.8, 4) is 5.75 Å². The highest BCUT2D eigenvalue weighted by Gasteiger charge is 2.37. The number of carbonyl (C=O) groups is 1. The number of halogens is 4. The number of nitro groups is 1. The molecule has 0 spiro atoms. The molecule has 3 rings (SSSR count). The monoisotopic (exact) mass is 570 g/mol. The standard InChI is InChI=1S/C23H18Cl3FN4O4S/c24-23(25,26)21(30-22(36)28-15-9-10-17(27)18(12-15)31(34)35)29-20(33)19(13-5-2-1-3-6-13)14-7-4-8-16(32)11-14/h1-12,19,21,32H,(H,29,33)(H2,28,30,36). The number of phenolic OH excluding ortho intramolecular Hbond substituents is 1. The quantitative estimate of drug-likeness (QED) is 0.0990. The van der Waals surface area contributed by atoms with E-state index in [0.717, 1.165) is 12.1 Å². The fourth-order valence-electron chi connectivity index (χ4n) is 3.30. The van der Waals surface area contributed by atoms with Crippen molar-refractivity contribution in [1.29, 1.82) is 0 Å². The van der Waals surface area contributed by atoms with Gasteiger partial charge >= 0.3 is 5.69 Å². The normalized spacial score (nSPS) is 12.8. The lowest BCUT2D eigenvalue weighted by atomic mass is 9.90. The molecular formula is C23H18Cl3FN4O4S. The van der Waals surface area contributed by atoms with Crippen LogP contribution in [0.3, 0.4) is 0 Å². The molecule has 0 aliphatic rings. The zero-order chi connectivity index (χ0) is 26.5. The fraction of sp³-hybridized carbons (Fsp3) is 0.130. The Hall–Kier alpha value is -3.18. The number of aromatic hydroxyl groups is 1. The molecule has 0 radical (unpaired) electrons. The molecule has 0 heterocycles. The van der Waals surface area contributed by atoms with Crippen molar-refractivity contribution >= 4 is 69.4 Å². The van der Waals surface area contributed by atoms with Crippen LogP contribution in [0.2, 0.25) is 0 Å². The summed E-state index contributed by atoms with van der Waals surface area (Å²) in [5, 5.41) is 28.6. The van der Waals surface area contributed by atoms with Crippen LogP contribution in [0.4, 0.5) is 15.8 Å². The van der Waals surface area contributed by atoms with Gasteiger partial charge in [0.1, 0.15) is 11.9 Å². The maximum absolute atomic E-state index is 13.6. The molecule has 188 valence electrons. The second-order valence-corrected chi connectivity index (χ2v) is 10.2. The minimum absolute atomic E-state index is 0.0314. The first-order chi connectivity index (χ1) is 17.0. The third-order valence-corrected chi connectivity index (χ3v) is 5.76. The summed E-state index contributed by atoms with van der Waals surface area (Å²) in [6.07, 6.45) is -1.35. The average Bonchev–Trinajstić information content (AvgIpc) is 2.80. The fourth-order valence-corrected chi connectivity index (χ4v) is 3.86. The van der Waals surface area contributed by atoms with E-state index in [-0.39, 0.29) is 16.5 Å². The Morgan fingerprint density at radius 2 is 1.67 bits per heavy atom. The van der Waals surface area contributed by atoms with E-state index in [1.165, 1.54) is 18.2 Å². The summed E-state index contributed by atoms with van der Waals surface area (Å²) in [4.78, 5) is 23.5. The number of anilines is 1. The molecule has 0 fully saturated rings. The van der Waals surface area contributed by atoms with Crippen molar-refractivity contribution in [3.63, 3.8) is 0 Å². The Balaban J connectivity index is 1.83. The summed E-state index contributed by atoms with van der Waals surface area (Å²) in [6, 6.07) is 18.0. The largest absolute Gasteiger partial charge is 0.508 e. The number of phenols is 1. The van der Waals surface area contributed by atoms with Crippen LogP contribution in [0.1, 0.15) is 17.0 Å².